The minimum atomic E-state index is -0.602. The molecule has 0 saturated carbocycles. The molecule has 1 amide bonds. The van der Waals surface area contributed by atoms with Crippen LogP contribution in [0, 0.1) is 0 Å². The van der Waals surface area contributed by atoms with Gasteiger partial charge in [-0.3, -0.25) is 14.5 Å². The van der Waals surface area contributed by atoms with E-state index < -0.39 is 23.7 Å². The van der Waals surface area contributed by atoms with Gasteiger partial charge in [0.2, 0.25) is 0 Å². The third-order valence-electron chi connectivity index (χ3n) is 2.80. The molecule has 1 atom stereocenters. The van der Waals surface area contributed by atoms with Crippen LogP contribution in [-0.2, 0) is 19.1 Å². The lowest BCUT2D eigenvalue weighted by molar-refractivity contribution is -0.144. The van der Waals surface area contributed by atoms with E-state index >= 15 is 0 Å². The number of ether oxygens (including phenoxy) is 2. The first-order chi connectivity index (χ1) is 8.74. The zero-order valence-electron chi connectivity index (χ0n) is 11.9. The number of likely N-dealkylation sites (tertiary alicyclic amines) is 1. The van der Waals surface area contributed by atoms with E-state index in [9.17, 15) is 14.4 Å². The molecule has 1 rings (SSSR count). The van der Waals surface area contributed by atoms with E-state index in [-0.39, 0.29) is 12.2 Å². The lowest BCUT2D eigenvalue weighted by Crippen LogP contribution is -2.43. The molecule has 0 bridgehead atoms. The maximum absolute atomic E-state index is 12.0. The number of hydrogen-bond acceptors (Lipinski definition) is 5. The van der Waals surface area contributed by atoms with Crippen LogP contribution in [0.3, 0.4) is 0 Å². The normalized spacial score (nSPS) is 19.2. The molecule has 19 heavy (non-hydrogen) atoms. The standard InChI is InChI=1S/C13H21NO5/c1-13(2,3)19-12(17)14-7-5-6-9(14)10(15)8-11(16)18-4/h9H,5-8H2,1-4H3. The molecule has 108 valence electrons. The summed E-state index contributed by atoms with van der Waals surface area (Å²) in [7, 11) is 1.23. The fourth-order valence-electron chi connectivity index (χ4n) is 1.97. The van der Waals surface area contributed by atoms with Crippen LogP contribution in [0.5, 0.6) is 0 Å². The van der Waals surface area contributed by atoms with E-state index in [1.165, 1.54) is 12.0 Å². The van der Waals surface area contributed by atoms with Crippen LogP contribution in [0.4, 0.5) is 4.79 Å². The zero-order valence-corrected chi connectivity index (χ0v) is 11.9. The highest BCUT2D eigenvalue weighted by Gasteiger charge is 2.36. The average molecular weight is 271 g/mol. The van der Waals surface area contributed by atoms with Gasteiger partial charge in [-0.25, -0.2) is 4.79 Å². The Morgan fingerprint density at radius 3 is 2.42 bits per heavy atom. The van der Waals surface area contributed by atoms with Gasteiger partial charge >= 0.3 is 12.1 Å². The Morgan fingerprint density at radius 2 is 1.89 bits per heavy atom. The maximum Gasteiger partial charge on any atom is 0.410 e. The van der Waals surface area contributed by atoms with Gasteiger partial charge in [-0.15, -0.1) is 0 Å². The van der Waals surface area contributed by atoms with Gasteiger partial charge in [0.25, 0.3) is 0 Å². The van der Waals surface area contributed by atoms with E-state index in [4.69, 9.17) is 4.74 Å². The number of ketones is 1. The molecule has 0 aromatic heterocycles. The Hall–Kier alpha value is -1.59. The molecular weight excluding hydrogens is 250 g/mol. The maximum atomic E-state index is 12.0. The Morgan fingerprint density at radius 1 is 1.26 bits per heavy atom. The van der Waals surface area contributed by atoms with Crippen molar-refractivity contribution < 1.29 is 23.9 Å². The third kappa shape index (κ3) is 4.54. The van der Waals surface area contributed by atoms with Crippen molar-refractivity contribution in [3.8, 4) is 0 Å². The summed E-state index contributed by atoms with van der Waals surface area (Å²) in [6.45, 7) is 5.79. The van der Waals surface area contributed by atoms with Gasteiger partial charge in [0, 0.05) is 6.54 Å². The van der Waals surface area contributed by atoms with Crippen molar-refractivity contribution in [2.24, 2.45) is 0 Å². The topological polar surface area (TPSA) is 72.9 Å². The molecule has 0 aliphatic carbocycles. The van der Waals surface area contributed by atoms with Gasteiger partial charge in [0.1, 0.15) is 12.0 Å². The lowest BCUT2D eigenvalue weighted by Gasteiger charge is -2.27. The van der Waals surface area contributed by atoms with E-state index in [0.29, 0.717) is 13.0 Å². The summed E-state index contributed by atoms with van der Waals surface area (Å²) in [5.74, 6) is -0.878. The predicted molar refractivity (Wildman–Crippen MR) is 67.6 cm³/mol. The minimum Gasteiger partial charge on any atom is -0.469 e. The molecule has 0 spiro atoms. The fourth-order valence-corrected chi connectivity index (χ4v) is 1.97. The molecule has 1 saturated heterocycles. The summed E-state index contributed by atoms with van der Waals surface area (Å²) < 4.78 is 9.71. The van der Waals surface area contributed by atoms with Crippen LogP contribution in [0.15, 0.2) is 0 Å². The lowest BCUT2D eigenvalue weighted by atomic mass is 10.1. The highest BCUT2D eigenvalue weighted by Crippen LogP contribution is 2.22. The van der Waals surface area contributed by atoms with Crippen LogP contribution in [0.1, 0.15) is 40.0 Å². The summed E-state index contributed by atoms with van der Waals surface area (Å²) in [5.41, 5.74) is -0.602. The second-order valence-corrected chi connectivity index (χ2v) is 5.55. The monoisotopic (exact) mass is 271 g/mol. The van der Waals surface area contributed by atoms with Gasteiger partial charge in [0.15, 0.2) is 5.78 Å². The summed E-state index contributed by atoms with van der Waals surface area (Å²) in [5, 5.41) is 0. The highest BCUT2D eigenvalue weighted by molar-refractivity contribution is 5.99. The Bertz CT molecular complexity index is 372. The van der Waals surface area contributed by atoms with Crippen molar-refractivity contribution in [1.29, 1.82) is 0 Å². The van der Waals surface area contributed by atoms with Crippen LogP contribution in [-0.4, -0.2) is 48.0 Å². The molecule has 1 aliphatic rings. The molecule has 1 heterocycles. The van der Waals surface area contributed by atoms with Gasteiger partial charge in [-0.05, 0) is 33.6 Å². The van der Waals surface area contributed by atoms with Crippen molar-refractivity contribution in [2.75, 3.05) is 13.7 Å². The number of esters is 1. The van der Waals surface area contributed by atoms with Crippen LogP contribution >= 0.6 is 0 Å². The minimum absolute atomic E-state index is 0.296. The molecule has 0 N–H and O–H groups in total. The number of carbonyl (C=O) groups excluding carboxylic acids is 3. The Kier molecular flexibility index (Phi) is 4.91. The third-order valence-corrected chi connectivity index (χ3v) is 2.80. The summed E-state index contributed by atoms with van der Waals surface area (Å²) in [6.07, 6.45) is 0.486. The summed E-state index contributed by atoms with van der Waals surface area (Å²) in [4.78, 5) is 36.4. The van der Waals surface area contributed by atoms with E-state index in [2.05, 4.69) is 4.74 Å². The van der Waals surface area contributed by atoms with Crippen LogP contribution in [0.25, 0.3) is 0 Å². The average Bonchev–Trinajstić information content (AvgIpc) is 2.75. The van der Waals surface area contributed by atoms with Gasteiger partial charge in [-0.2, -0.15) is 0 Å². The van der Waals surface area contributed by atoms with Crippen molar-refractivity contribution in [2.45, 2.75) is 51.7 Å². The van der Waals surface area contributed by atoms with Crippen LogP contribution < -0.4 is 0 Å². The molecule has 6 nitrogen and oxygen atoms in total. The highest BCUT2D eigenvalue weighted by atomic mass is 16.6. The van der Waals surface area contributed by atoms with Crippen molar-refractivity contribution in [1.82, 2.24) is 4.90 Å². The molecule has 1 fully saturated rings. The quantitative estimate of drug-likeness (QED) is 0.574. The molecular formula is C13H21NO5. The second-order valence-electron chi connectivity index (χ2n) is 5.55. The number of carbonyl (C=O) groups is 3. The van der Waals surface area contributed by atoms with Crippen molar-refractivity contribution >= 4 is 17.8 Å². The number of methoxy groups -OCH3 is 1. The molecule has 0 aromatic rings. The zero-order chi connectivity index (χ0) is 14.6. The van der Waals surface area contributed by atoms with Crippen molar-refractivity contribution in [3.63, 3.8) is 0 Å². The van der Waals surface area contributed by atoms with E-state index in [1.807, 2.05) is 0 Å². The van der Waals surface area contributed by atoms with Gasteiger partial charge < -0.3 is 9.47 Å². The first-order valence-corrected chi connectivity index (χ1v) is 6.34. The number of rotatable bonds is 3. The van der Waals surface area contributed by atoms with Gasteiger partial charge in [0.05, 0.1) is 13.2 Å². The molecule has 0 aromatic carbocycles. The fraction of sp³-hybridized carbons (Fsp3) is 0.769. The largest absolute Gasteiger partial charge is 0.469 e. The number of nitrogens with zero attached hydrogens (tertiary/aromatic N) is 1. The SMILES string of the molecule is COC(=O)CC(=O)C1CCCN1C(=O)OC(C)(C)C. The summed E-state index contributed by atoms with van der Waals surface area (Å²) >= 11 is 0. The molecule has 0 radical (unpaired) electrons. The van der Waals surface area contributed by atoms with E-state index in [1.54, 1.807) is 20.8 Å². The smallest absolute Gasteiger partial charge is 0.410 e. The predicted octanol–water partition coefficient (Wildman–Crippen LogP) is 1.52. The first kappa shape index (κ1) is 15.5. The first-order valence-electron chi connectivity index (χ1n) is 6.34. The second kappa shape index (κ2) is 6.04. The van der Waals surface area contributed by atoms with Gasteiger partial charge in [-0.1, -0.05) is 0 Å². The van der Waals surface area contributed by atoms with E-state index in [0.717, 1.165) is 6.42 Å². The molecule has 1 unspecified atom stereocenters. The van der Waals surface area contributed by atoms with Crippen molar-refractivity contribution in [3.05, 3.63) is 0 Å². The Balaban J connectivity index is 2.66. The summed E-state index contributed by atoms with van der Waals surface area (Å²) in [6, 6.07) is -0.575. The molecule has 1 aliphatic heterocycles. The number of amides is 1. The molecule has 6 heteroatoms. The number of Topliss-reactive ketones (excluding diaryl/α,β-unsaturated/α-hetero) is 1. The van der Waals surface area contributed by atoms with Crippen LogP contribution in [0.2, 0.25) is 0 Å². The Labute approximate surface area is 113 Å². The number of hydrogen-bond donors (Lipinski definition) is 0.